The first-order valence-corrected chi connectivity index (χ1v) is 7.38. The van der Waals surface area contributed by atoms with Gasteiger partial charge in [-0.25, -0.2) is 0 Å². The van der Waals surface area contributed by atoms with Gasteiger partial charge in [0.15, 0.2) is 11.5 Å². The van der Waals surface area contributed by atoms with Crippen LogP contribution in [0.25, 0.3) is 0 Å². The van der Waals surface area contributed by atoms with E-state index in [1.165, 1.54) is 0 Å². The Kier molecular flexibility index (Phi) is 4.55. The van der Waals surface area contributed by atoms with Crippen molar-refractivity contribution in [2.45, 2.75) is 38.8 Å². The molecule has 2 rings (SSSR count). The molecular formula is C14H19BrN2O3. The summed E-state index contributed by atoms with van der Waals surface area (Å²) in [5.41, 5.74) is 6.09. The molecule has 1 aliphatic rings. The summed E-state index contributed by atoms with van der Waals surface area (Å²) in [5, 5.41) is 2.86. The molecule has 110 valence electrons. The third-order valence-corrected chi connectivity index (χ3v) is 3.82. The predicted octanol–water partition coefficient (Wildman–Crippen LogP) is 2.31. The summed E-state index contributed by atoms with van der Waals surface area (Å²) < 4.78 is 11.5. The minimum Gasteiger partial charge on any atom is -0.454 e. The quantitative estimate of drug-likeness (QED) is 0.861. The normalized spacial score (nSPS) is 15.8. The summed E-state index contributed by atoms with van der Waals surface area (Å²) in [6, 6.07) is 3.77. The topological polar surface area (TPSA) is 73.6 Å². The average molecular weight is 343 g/mol. The van der Waals surface area contributed by atoms with Crippen molar-refractivity contribution in [3.8, 4) is 11.5 Å². The number of halogens is 1. The number of hydrogen-bond acceptors (Lipinski definition) is 4. The second-order valence-electron chi connectivity index (χ2n) is 5.16. The molecule has 1 aromatic rings. The third-order valence-electron chi connectivity index (χ3n) is 3.23. The van der Waals surface area contributed by atoms with Gasteiger partial charge in [-0.2, -0.15) is 0 Å². The van der Waals surface area contributed by atoms with Crippen molar-refractivity contribution < 1.29 is 14.3 Å². The SMILES string of the molecule is CCCC(C)(N)C(=O)NCc1cc(Br)c2c(c1)OCO2. The number of nitrogens with one attached hydrogen (secondary N) is 1. The highest BCUT2D eigenvalue weighted by molar-refractivity contribution is 9.10. The van der Waals surface area contributed by atoms with Crippen LogP contribution in [0.15, 0.2) is 16.6 Å². The first-order chi connectivity index (χ1) is 9.44. The fourth-order valence-electron chi connectivity index (χ4n) is 2.14. The summed E-state index contributed by atoms with van der Waals surface area (Å²) in [6.07, 6.45) is 1.53. The molecule has 1 aromatic carbocycles. The molecule has 0 aromatic heterocycles. The van der Waals surface area contributed by atoms with Crippen molar-refractivity contribution in [1.29, 1.82) is 0 Å². The van der Waals surface area contributed by atoms with Gasteiger partial charge in [-0.3, -0.25) is 4.79 Å². The minimum absolute atomic E-state index is 0.145. The second kappa shape index (κ2) is 6.01. The molecule has 0 fully saturated rings. The van der Waals surface area contributed by atoms with E-state index >= 15 is 0 Å². The third kappa shape index (κ3) is 3.24. The van der Waals surface area contributed by atoms with E-state index in [1.54, 1.807) is 6.92 Å². The molecule has 1 amide bonds. The number of amides is 1. The highest BCUT2D eigenvalue weighted by Gasteiger charge is 2.27. The van der Waals surface area contributed by atoms with Crippen molar-refractivity contribution >= 4 is 21.8 Å². The van der Waals surface area contributed by atoms with E-state index in [1.807, 2.05) is 19.1 Å². The standard InChI is InChI=1S/C14H19BrN2O3/c1-3-4-14(2,16)13(18)17-7-9-5-10(15)12-11(6-9)19-8-20-12/h5-6H,3-4,7-8,16H2,1-2H3,(H,17,18). The summed E-state index contributed by atoms with van der Waals surface area (Å²) in [7, 11) is 0. The van der Waals surface area contributed by atoms with Gasteiger partial charge < -0.3 is 20.5 Å². The number of rotatable bonds is 5. The van der Waals surface area contributed by atoms with Gasteiger partial charge in [0, 0.05) is 6.54 Å². The average Bonchev–Trinajstić information content (AvgIpc) is 2.84. The lowest BCUT2D eigenvalue weighted by atomic mass is 9.96. The zero-order chi connectivity index (χ0) is 14.8. The largest absolute Gasteiger partial charge is 0.454 e. The molecule has 20 heavy (non-hydrogen) atoms. The number of ether oxygens (including phenoxy) is 2. The van der Waals surface area contributed by atoms with Gasteiger partial charge in [0.2, 0.25) is 12.7 Å². The van der Waals surface area contributed by atoms with Gasteiger partial charge in [0.1, 0.15) is 0 Å². The molecular weight excluding hydrogens is 324 g/mol. The zero-order valence-corrected chi connectivity index (χ0v) is 13.2. The Balaban J connectivity index is 2.01. The maximum atomic E-state index is 12.0. The fourth-order valence-corrected chi connectivity index (χ4v) is 2.74. The summed E-state index contributed by atoms with van der Waals surface area (Å²) in [5.74, 6) is 1.25. The Morgan fingerprint density at radius 2 is 2.25 bits per heavy atom. The summed E-state index contributed by atoms with van der Waals surface area (Å²) in [6.45, 7) is 4.39. The monoisotopic (exact) mass is 342 g/mol. The first kappa shape index (κ1) is 15.1. The lowest BCUT2D eigenvalue weighted by Gasteiger charge is -2.22. The van der Waals surface area contributed by atoms with Crippen LogP contribution in [0.5, 0.6) is 11.5 Å². The van der Waals surface area contributed by atoms with E-state index in [-0.39, 0.29) is 12.7 Å². The fraction of sp³-hybridized carbons (Fsp3) is 0.500. The van der Waals surface area contributed by atoms with Gasteiger partial charge in [0.25, 0.3) is 0 Å². The van der Waals surface area contributed by atoms with Crippen molar-refractivity contribution in [2.24, 2.45) is 5.73 Å². The second-order valence-corrected chi connectivity index (χ2v) is 6.02. The number of carbonyl (C=O) groups excluding carboxylic acids is 1. The van der Waals surface area contributed by atoms with Gasteiger partial charge in [-0.05, 0) is 47.0 Å². The molecule has 1 atom stereocenters. The maximum absolute atomic E-state index is 12.0. The summed E-state index contributed by atoms with van der Waals surface area (Å²) in [4.78, 5) is 12.0. The predicted molar refractivity (Wildman–Crippen MR) is 79.6 cm³/mol. The van der Waals surface area contributed by atoms with Crippen LogP contribution in [0.3, 0.4) is 0 Å². The molecule has 0 spiro atoms. The van der Waals surface area contributed by atoms with Crippen LogP contribution in [-0.4, -0.2) is 18.2 Å². The van der Waals surface area contributed by atoms with Gasteiger partial charge in [-0.15, -0.1) is 0 Å². The molecule has 0 bridgehead atoms. The molecule has 0 saturated carbocycles. The van der Waals surface area contributed by atoms with Gasteiger partial charge in [0.05, 0.1) is 10.0 Å². The van der Waals surface area contributed by atoms with Crippen LogP contribution in [-0.2, 0) is 11.3 Å². The lowest BCUT2D eigenvalue weighted by Crippen LogP contribution is -2.51. The number of benzene rings is 1. The highest BCUT2D eigenvalue weighted by Crippen LogP contribution is 2.39. The Bertz CT molecular complexity index is 517. The summed E-state index contributed by atoms with van der Waals surface area (Å²) >= 11 is 3.43. The molecule has 1 aliphatic heterocycles. The van der Waals surface area contributed by atoms with Crippen LogP contribution < -0.4 is 20.5 Å². The Morgan fingerprint density at radius 1 is 1.50 bits per heavy atom. The van der Waals surface area contributed by atoms with E-state index in [2.05, 4.69) is 21.2 Å². The first-order valence-electron chi connectivity index (χ1n) is 6.59. The molecule has 0 saturated heterocycles. The Hall–Kier alpha value is -1.27. The molecule has 6 heteroatoms. The van der Waals surface area contributed by atoms with E-state index in [9.17, 15) is 4.79 Å². The van der Waals surface area contributed by atoms with Crippen molar-refractivity contribution in [3.05, 3.63) is 22.2 Å². The van der Waals surface area contributed by atoms with Crippen LogP contribution >= 0.6 is 15.9 Å². The minimum atomic E-state index is -0.831. The van der Waals surface area contributed by atoms with Crippen molar-refractivity contribution in [3.63, 3.8) is 0 Å². The Morgan fingerprint density at radius 3 is 2.95 bits per heavy atom. The molecule has 3 N–H and O–H groups in total. The van der Waals surface area contributed by atoms with E-state index in [0.717, 1.165) is 16.5 Å². The van der Waals surface area contributed by atoms with E-state index in [0.29, 0.717) is 24.5 Å². The van der Waals surface area contributed by atoms with E-state index in [4.69, 9.17) is 15.2 Å². The smallest absolute Gasteiger partial charge is 0.240 e. The molecule has 1 unspecified atom stereocenters. The molecule has 0 aliphatic carbocycles. The maximum Gasteiger partial charge on any atom is 0.240 e. The van der Waals surface area contributed by atoms with E-state index < -0.39 is 5.54 Å². The number of nitrogens with two attached hydrogens (primary N) is 1. The number of hydrogen-bond donors (Lipinski definition) is 2. The van der Waals surface area contributed by atoms with Crippen LogP contribution in [0.2, 0.25) is 0 Å². The van der Waals surface area contributed by atoms with Crippen molar-refractivity contribution in [2.75, 3.05) is 6.79 Å². The molecule has 5 nitrogen and oxygen atoms in total. The molecule has 1 heterocycles. The van der Waals surface area contributed by atoms with Gasteiger partial charge >= 0.3 is 0 Å². The van der Waals surface area contributed by atoms with Crippen LogP contribution in [0.1, 0.15) is 32.3 Å². The number of fused-ring (bicyclic) bond motifs is 1. The highest BCUT2D eigenvalue weighted by atomic mass is 79.9. The molecule has 0 radical (unpaired) electrons. The lowest BCUT2D eigenvalue weighted by molar-refractivity contribution is -0.126. The zero-order valence-electron chi connectivity index (χ0n) is 11.7. The van der Waals surface area contributed by atoms with Crippen LogP contribution in [0.4, 0.5) is 0 Å². The van der Waals surface area contributed by atoms with Crippen LogP contribution in [0, 0.1) is 0 Å². The number of carbonyl (C=O) groups is 1. The van der Waals surface area contributed by atoms with Crippen molar-refractivity contribution in [1.82, 2.24) is 5.32 Å². The van der Waals surface area contributed by atoms with Gasteiger partial charge in [-0.1, -0.05) is 13.3 Å². The Labute approximate surface area is 126 Å².